The summed E-state index contributed by atoms with van der Waals surface area (Å²) >= 11 is 0. The Morgan fingerprint density at radius 1 is 0.575 bits per heavy atom. The average Bonchev–Trinajstić information content (AvgIpc) is 2.93. The van der Waals surface area contributed by atoms with Crippen molar-refractivity contribution in [1.29, 1.82) is 0 Å². The Morgan fingerprint density at radius 2 is 0.975 bits per heavy atom. The monoisotopic (exact) mass is 550 g/mol. The summed E-state index contributed by atoms with van der Waals surface area (Å²) in [6.45, 7) is 2.28. The van der Waals surface area contributed by atoms with Gasteiger partial charge in [0.1, 0.15) is 17.2 Å². The molecule has 2 aromatic carbocycles. The zero-order valence-corrected chi connectivity index (χ0v) is 25.0. The van der Waals surface area contributed by atoms with Crippen LogP contribution in [0, 0.1) is 0 Å². The largest absolute Gasteiger partial charge is 0.508 e. The summed E-state index contributed by atoms with van der Waals surface area (Å²) < 4.78 is 5.47. The second-order valence-electron chi connectivity index (χ2n) is 11.3. The number of aromatic hydroxyl groups is 2. The lowest BCUT2D eigenvalue weighted by Crippen LogP contribution is -2.07. The summed E-state index contributed by atoms with van der Waals surface area (Å²) in [4.78, 5) is 12.2. The van der Waals surface area contributed by atoms with Crippen LogP contribution in [0.3, 0.4) is 0 Å². The summed E-state index contributed by atoms with van der Waals surface area (Å²) in [5.41, 5.74) is 1.63. The number of benzene rings is 2. The molecular formula is C36H54O4. The lowest BCUT2D eigenvalue weighted by Gasteiger charge is -2.05. The van der Waals surface area contributed by atoms with Crippen molar-refractivity contribution >= 4 is 18.1 Å². The molecule has 4 nitrogen and oxygen atoms in total. The first-order valence-electron chi connectivity index (χ1n) is 16.1. The van der Waals surface area contributed by atoms with E-state index in [0.717, 1.165) is 18.4 Å². The number of phenolic OH excluding ortho intramolecular Hbond substituents is 2. The van der Waals surface area contributed by atoms with Crippen molar-refractivity contribution < 1.29 is 19.7 Å². The van der Waals surface area contributed by atoms with Crippen molar-refractivity contribution in [3.8, 4) is 17.2 Å². The molecule has 222 valence electrons. The number of rotatable bonds is 23. The lowest BCUT2D eigenvalue weighted by atomic mass is 10.0. The van der Waals surface area contributed by atoms with Crippen molar-refractivity contribution in [2.45, 2.75) is 135 Å². The van der Waals surface area contributed by atoms with E-state index in [1.165, 1.54) is 115 Å². The SMILES string of the molecule is CCCCCCCCCCCCCCCCCCCCCC(=O)Oc1ccc(C=Cc2cc(O)cc(O)c2)cc1. The minimum atomic E-state index is -0.175. The third kappa shape index (κ3) is 17.0. The Morgan fingerprint density at radius 3 is 1.43 bits per heavy atom. The lowest BCUT2D eigenvalue weighted by molar-refractivity contribution is -0.134. The zero-order chi connectivity index (χ0) is 28.7. The molecule has 0 amide bonds. The van der Waals surface area contributed by atoms with E-state index >= 15 is 0 Å². The van der Waals surface area contributed by atoms with Crippen molar-refractivity contribution in [3.05, 3.63) is 53.6 Å². The van der Waals surface area contributed by atoms with Crippen molar-refractivity contribution in [3.63, 3.8) is 0 Å². The molecule has 4 heteroatoms. The highest BCUT2D eigenvalue weighted by Gasteiger charge is 2.05. The first kappa shape index (κ1) is 33.5. The van der Waals surface area contributed by atoms with Gasteiger partial charge in [0.2, 0.25) is 0 Å². The van der Waals surface area contributed by atoms with E-state index in [1.54, 1.807) is 30.3 Å². The van der Waals surface area contributed by atoms with Gasteiger partial charge < -0.3 is 14.9 Å². The van der Waals surface area contributed by atoms with Crippen LogP contribution in [0.5, 0.6) is 17.2 Å². The van der Waals surface area contributed by atoms with Gasteiger partial charge in [-0.25, -0.2) is 0 Å². The smallest absolute Gasteiger partial charge is 0.311 e. The molecule has 0 saturated heterocycles. The van der Waals surface area contributed by atoms with E-state index in [9.17, 15) is 15.0 Å². The Bertz CT molecular complexity index is 928. The molecule has 0 atom stereocenters. The Labute approximate surface area is 243 Å². The van der Waals surface area contributed by atoms with E-state index in [-0.39, 0.29) is 17.5 Å². The number of carbonyl (C=O) groups excluding carboxylic acids is 1. The Kier molecular flexibility index (Phi) is 18.4. The first-order valence-corrected chi connectivity index (χ1v) is 16.1. The molecule has 0 aliphatic rings. The molecule has 0 aliphatic carbocycles. The molecule has 0 saturated carbocycles. The Hall–Kier alpha value is -2.75. The molecule has 0 radical (unpaired) electrons. The number of esters is 1. The average molecular weight is 551 g/mol. The van der Waals surface area contributed by atoms with E-state index in [0.29, 0.717) is 17.7 Å². The third-order valence-electron chi connectivity index (χ3n) is 7.49. The van der Waals surface area contributed by atoms with Gasteiger partial charge >= 0.3 is 5.97 Å². The van der Waals surface area contributed by atoms with Crippen molar-refractivity contribution in [2.24, 2.45) is 0 Å². The maximum Gasteiger partial charge on any atom is 0.311 e. The van der Waals surface area contributed by atoms with Gasteiger partial charge in [0.25, 0.3) is 0 Å². The highest BCUT2D eigenvalue weighted by atomic mass is 16.5. The van der Waals surface area contributed by atoms with E-state index in [4.69, 9.17) is 4.74 Å². The number of phenols is 2. The summed E-state index contributed by atoms with van der Waals surface area (Å²) in [7, 11) is 0. The van der Waals surface area contributed by atoms with Crippen molar-refractivity contribution in [1.82, 2.24) is 0 Å². The van der Waals surface area contributed by atoms with Gasteiger partial charge in [-0.05, 0) is 41.8 Å². The quantitative estimate of drug-likeness (QED) is 0.0625. The minimum Gasteiger partial charge on any atom is -0.508 e. The molecule has 0 spiro atoms. The van der Waals surface area contributed by atoms with E-state index in [2.05, 4.69) is 6.92 Å². The van der Waals surface area contributed by atoms with Gasteiger partial charge in [0.05, 0.1) is 0 Å². The summed E-state index contributed by atoms with van der Waals surface area (Å²) in [5, 5.41) is 19.1. The summed E-state index contributed by atoms with van der Waals surface area (Å²) in [6.07, 6.45) is 29.6. The van der Waals surface area contributed by atoms with Crippen LogP contribution in [0.25, 0.3) is 12.2 Å². The van der Waals surface area contributed by atoms with Crippen LogP contribution in [0.1, 0.15) is 146 Å². The molecule has 0 fully saturated rings. The molecular weight excluding hydrogens is 496 g/mol. The summed E-state index contributed by atoms with van der Waals surface area (Å²) in [5.74, 6) is 0.416. The topological polar surface area (TPSA) is 66.8 Å². The number of ether oxygens (including phenoxy) is 1. The molecule has 0 bridgehead atoms. The van der Waals surface area contributed by atoms with Crippen LogP contribution in [0.2, 0.25) is 0 Å². The minimum absolute atomic E-state index is 0.0203. The second-order valence-corrected chi connectivity index (χ2v) is 11.3. The Balaban J connectivity index is 1.39. The molecule has 0 aliphatic heterocycles. The number of unbranched alkanes of at least 4 members (excludes halogenated alkanes) is 18. The van der Waals surface area contributed by atoms with Gasteiger partial charge in [-0.2, -0.15) is 0 Å². The molecule has 0 aromatic heterocycles. The fourth-order valence-electron chi connectivity index (χ4n) is 5.08. The van der Waals surface area contributed by atoms with E-state index in [1.807, 2.05) is 18.2 Å². The highest BCUT2D eigenvalue weighted by Crippen LogP contribution is 2.23. The van der Waals surface area contributed by atoms with Gasteiger partial charge in [0.15, 0.2) is 0 Å². The van der Waals surface area contributed by atoms with Crippen LogP contribution in [-0.2, 0) is 4.79 Å². The zero-order valence-electron chi connectivity index (χ0n) is 25.0. The first-order chi connectivity index (χ1) is 19.6. The van der Waals surface area contributed by atoms with Crippen LogP contribution in [-0.4, -0.2) is 16.2 Å². The van der Waals surface area contributed by atoms with Crippen LogP contribution < -0.4 is 4.74 Å². The van der Waals surface area contributed by atoms with Crippen LogP contribution in [0.4, 0.5) is 0 Å². The molecule has 40 heavy (non-hydrogen) atoms. The standard InChI is InChI=1S/C36H54O4/c1-2-3-4-5-6-7-8-9-10-11-12-13-14-15-16-17-18-19-20-21-36(39)40-35-26-24-31(25-27-35)22-23-32-28-33(37)30-34(38)29-32/h22-30,37-38H,2-21H2,1H3. The normalized spacial score (nSPS) is 11.3. The molecule has 2 rings (SSSR count). The number of hydrogen-bond acceptors (Lipinski definition) is 4. The summed E-state index contributed by atoms with van der Waals surface area (Å²) in [6, 6.07) is 11.8. The fraction of sp³-hybridized carbons (Fsp3) is 0.583. The van der Waals surface area contributed by atoms with Gasteiger partial charge in [-0.1, -0.05) is 147 Å². The third-order valence-corrected chi connectivity index (χ3v) is 7.49. The van der Waals surface area contributed by atoms with Crippen molar-refractivity contribution in [2.75, 3.05) is 0 Å². The van der Waals surface area contributed by atoms with E-state index < -0.39 is 0 Å². The molecule has 2 aromatic rings. The molecule has 2 N–H and O–H groups in total. The van der Waals surface area contributed by atoms with Crippen LogP contribution in [0.15, 0.2) is 42.5 Å². The maximum absolute atomic E-state index is 12.2. The predicted octanol–water partition coefficient (Wildman–Crippen LogP) is 11.0. The predicted molar refractivity (Wildman–Crippen MR) is 169 cm³/mol. The number of carbonyl (C=O) groups is 1. The highest BCUT2D eigenvalue weighted by molar-refractivity contribution is 5.73. The van der Waals surface area contributed by atoms with Crippen LogP contribution >= 0.6 is 0 Å². The fourth-order valence-corrected chi connectivity index (χ4v) is 5.08. The van der Waals surface area contributed by atoms with Gasteiger partial charge in [-0.3, -0.25) is 4.79 Å². The maximum atomic E-state index is 12.2. The molecule has 0 heterocycles. The second kappa shape index (κ2) is 22.0. The van der Waals surface area contributed by atoms with Gasteiger partial charge in [0, 0.05) is 12.5 Å². The molecule has 0 unspecified atom stereocenters. The number of hydrogen-bond donors (Lipinski definition) is 2. The van der Waals surface area contributed by atoms with Gasteiger partial charge in [-0.15, -0.1) is 0 Å².